The van der Waals surface area contributed by atoms with Gasteiger partial charge in [0.15, 0.2) is 6.54 Å². The molecular formula is C13H12ClN2O2+. The van der Waals surface area contributed by atoms with Crippen molar-refractivity contribution in [2.75, 3.05) is 19.8 Å². The van der Waals surface area contributed by atoms with Gasteiger partial charge in [0, 0.05) is 6.42 Å². The molecule has 5 heteroatoms. The van der Waals surface area contributed by atoms with Crippen LogP contribution in [0.4, 0.5) is 0 Å². The van der Waals surface area contributed by atoms with Crippen molar-refractivity contribution in [3.63, 3.8) is 0 Å². The van der Waals surface area contributed by atoms with E-state index >= 15 is 0 Å². The molecule has 0 radical (unpaired) electrons. The van der Waals surface area contributed by atoms with E-state index < -0.39 is 0 Å². The Morgan fingerprint density at radius 1 is 1.50 bits per heavy atom. The van der Waals surface area contributed by atoms with Gasteiger partial charge in [0.25, 0.3) is 0 Å². The molecule has 1 amide bonds. The molecule has 1 aromatic rings. The largest absolute Gasteiger partial charge is 0.375 e. The summed E-state index contributed by atoms with van der Waals surface area (Å²) >= 11 is 6.15. The second-order valence-corrected chi connectivity index (χ2v) is 4.37. The molecule has 1 aromatic carbocycles. The average molecular weight is 264 g/mol. The van der Waals surface area contributed by atoms with E-state index in [4.69, 9.17) is 21.6 Å². The summed E-state index contributed by atoms with van der Waals surface area (Å²) in [4.78, 5) is 11.1. The first-order valence-electron chi connectivity index (χ1n) is 5.62. The zero-order valence-electron chi connectivity index (χ0n) is 9.73. The highest BCUT2D eigenvalue weighted by Crippen LogP contribution is 2.19. The van der Waals surface area contributed by atoms with Crippen molar-refractivity contribution < 1.29 is 14.1 Å². The maximum atomic E-state index is 11.1. The van der Waals surface area contributed by atoms with Crippen LogP contribution in [0.5, 0.6) is 0 Å². The molecule has 0 unspecified atom stereocenters. The number of carbonyl (C=O) groups excluding carboxylic acids is 1. The van der Waals surface area contributed by atoms with Crippen LogP contribution >= 0.6 is 11.6 Å². The lowest BCUT2D eigenvalue weighted by Gasteiger charge is -2.05. The van der Waals surface area contributed by atoms with Crippen molar-refractivity contribution in [2.45, 2.75) is 6.42 Å². The van der Waals surface area contributed by atoms with Crippen LogP contribution in [0.3, 0.4) is 0 Å². The van der Waals surface area contributed by atoms with Crippen LogP contribution in [0.15, 0.2) is 18.2 Å². The van der Waals surface area contributed by atoms with Crippen molar-refractivity contribution in [1.29, 1.82) is 5.26 Å². The lowest BCUT2D eigenvalue weighted by Crippen LogP contribution is -2.24. The summed E-state index contributed by atoms with van der Waals surface area (Å²) in [5, 5.41) is 9.26. The Morgan fingerprint density at radius 3 is 3.00 bits per heavy atom. The molecule has 0 fully saturated rings. The van der Waals surface area contributed by atoms with Crippen LogP contribution in [0, 0.1) is 11.3 Å². The van der Waals surface area contributed by atoms with E-state index in [2.05, 4.69) is 0 Å². The number of nitrogens with zero attached hydrogens (tertiary/aromatic N) is 2. The number of carbonyl (C=O) groups is 1. The van der Waals surface area contributed by atoms with Crippen LogP contribution in [0.25, 0.3) is 0 Å². The summed E-state index contributed by atoms with van der Waals surface area (Å²) in [7, 11) is 0. The third-order valence-corrected chi connectivity index (χ3v) is 3.12. The Bertz CT molecular complexity index is 546. The molecule has 0 saturated heterocycles. The fraction of sp³-hybridized carbons (Fsp3) is 0.308. The monoisotopic (exact) mass is 263 g/mol. The summed E-state index contributed by atoms with van der Waals surface area (Å²) in [5.74, 6) is 0. The zero-order chi connectivity index (χ0) is 13.0. The zero-order valence-corrected chi connectivity index (χ0v) is 10.5. The SMILES string of the molecule is N#Cc1ccc(C2=[N+](C=O)CCCOC2)c(Cl)c1. The third-order valence-electron chi connectivity index (χ3n) is 2.81. The molecular weight excluding hydrogens is 252 g/mol. The molecule has 18 heavy (non-hydrogen) atoms. The molecule has 1 aliphatic heterocycles. The number of rotatable bonds is 2. The van der Waals surface area contributed by atoms with Crippen LogP contribution in [0.1, 0.15) is 17.5 Å². The highest BCUT2D eigenvalue weighted by Gasteiger charge is 2.22. The Morgan fingerprint density at radius 2 is 2.33 bits per heavy atom. The number of halogens is 1. The van der Waals surface area contributed by atoms with Crippen molar-refractivity contribution >= 4 is 23.7 Å². The van der Waals surface area contributed by atoms with Gasteiger partial charge in [-0.1, -0.05) is 11.6 Å². The normalized spacial score (nSPS) is 16.0. The Hall–Kier alpha value is -1.70. The van der Waals surface area contributed by atoms with Gasteiger partial charge >= 0.3 is 6.41 Å². The van der Waals surface area contributed by atoms with Gasteiger partial charge in [-0.25, -0.2) is 4.79 Å². The van der Waals surface area contributed by atoms with Gasteiger partial charge in [0.05, 0.1) is 28.8 Å². The van der Waals surface area contributed by atoms with Gasteiger partial charge in [0.2, 0.25) is 5.71 Å². The summed E-state index contributed by atoms with van der Waals surface area (Å²) in [6.45, 7) is 1.60. The fourth-order valence-electron chi connectivity index (χ4n) is 1.89. The highest BCUT2D eigenvalue weighted by atomic mass is 35.5. The summed E-state index contributed by atoms with van der Waals surface area (Å²) < 4.78 is 7.06. The molecule has 4 nitrogen and oxygen atoms in total. The predicted octanol–water partition coefficient (Wildman–Crippen LogP) is 1.59. The van der Waals surface area contributed by atoms with Crippen LogP contribution < -0.4 is 0 Å². The first-order valence-corrected chi connectivity index (χ1v) is 5.99. The number of hydrogen-bond acceptors (Lipinski definition) is 3. The third kappa shape index (κ3) is 2.58. The maximum Gasteiger partial charge on any atom is 0.375 e. The maximum absolute atomic E-state index is 11.1. The van der Waals surface area contributed by atoms with Crippen LogP contribution in [-0.4, -0.2) is 36.5 Å². The van der Waals surface area contributed by atoms with Crippen molar-refractivity contribution in [3.05, 3.63) is 34.3 Å². The number of nitriles is 1. The predicted molar refractivity (Wildman–Crippen MR) is 66.9 cm³/mol. The van der Waals surface area contributed by atoms with Gasteiger partial charge < -0.3 is 4.74 Å². The number of ether oxygens (including phenoxy) is 1. The van der Waals surface area contributed by atoms with Crippen LogP contribution in [-0.2, 0) is 9.53 Å². The lowest BCUT2D eigenvalue weighted by molar-refractivity contribution is -0.432. The molecule has 0 aromatic heterocycles. The molecule has 2 rings (SSSR count). The number of benzene rings is 1. The summed E-state index contributed by atoms with van der Waals surface area (Å²) in [5.41, 5.74) is 1.98. The van der Waals surface area contributed by atoms with Gasteiger partial charge in [0.1, 0.15) is 6.61 Å². The molecule has 1 heterocycles. The van der Waals surface area contributed by atoms with E-state index in [9.17, 15) is 4.79 Å². The van der Waals surface area contributed by atoms with Crippen molar-refractivity contribution in [3.8, 4) is 6.07 Å². The van der Waals surface area contributed by atoms with Gasteiger partial charge in [-0.2, -0.15) is 9.84 Å². The fourth-order valence-corrected chi connectivity index (χ4v) is 2.18. The van der Waals surface area contributed by atoms with Crippen molar-refractivity contribution in [2.24, 2.45) is 0 Å². The molecule has 0 saturated carbocycles. The minimum absolute atomic E-state index is 0.352. The molecule has 0 spiro atoms. The molecule has 0 aliphatic carbocycles. The van der Waals surface area contributed by atoms with Gasteiger partial charge in [-0.15, -0.1) is 0 Å². The molecule has 0 N–H and O–H groups in total. The quantitative estimate of drug-likeness (QED) is 0.601. The highest BCUT2D eigenvalue weighted by molar-refractivity contribution is 6.34. The lowest BCUT2D eigenvalue weighted by atomic mass is 10.1. The standard InChI is InChI=1S/C13H12ClN2O2/c14-12-6-10(7-15)2-3-11(12)13-8-18-5-1-4-16(13)9-17/h2-3,6,9H,1,4-5,8H2/q+1. The first-order chi connectivity index (χ1) is 8.76. The number of hydrogen-bond donors (Lipinski definition) is 0. The van der Waals surface area contributed by atoms with E-state index in [1.165, 1.54) is 0 Å². The molecule has 0 atom stereocenters. The topological polar surface area (TPSA) is 53.1 Å². The molecule has 0 bridgehead atoms. The average Bonchev–Trinajstić information content (AvgIpc) is 2.63. The van der Waals surface area contributed by atoms with E-state index in [1.807, 2.05) is 6.07 Å². The minimum Gasteiger partial charge on any atom is -0.370 e. The summed E-state index contributed by atoms with van der Waals surface area (Å²) in [6.07, 6.45) is 1.59. The Kier molecular flexibility index (Phi) is 4.08. The molecule has 92 valence electrons. The first kappa shape index (κ1) is 12.7. The Labute approximate surface area is 110 Å². The van der Waals surface area contributed by atoms with E-state index in [0.717, 1.165) is 24.1 Å². The van der Waals surface area contributed by atoms with E-state index in [0.29, 0.717) is 30.3 Å². The summed E-state index contributed by atoms with van der Waals surface area (Å²) in [6, 6.07) is 7.06. The smallest absolute Gasteiger partial charge is 0.370 e. The van der Waals surface area contributed by atoms with E-state index in [1.54, 1.807) is 22.8 Å². The van der Waals surface area contributed by atoms with Crippen LogP contribution in [0.2, 0.25) is 5.02 Å². The molecule has 1 aliphatic rings. The van der Waals surface area contributed by atoms with Gasteiger partial charge in [-0.3, -0.25) is 0 Å². The van der Waals surface area contributed by atoms with Crippen molar-refractivity contribution in [1.82, 2.24) is 0 Å². The minimum atomic E-state index is 0.352. The van der Waals surface area contributed by atoms with Gasteiger partial charge in [-0.05, 0) is 18.2 Å². The van der Waals surface area contributed by atoms with E-state index in [-0.39, 0.29) is 0 Å². The second-order valence-electron chi connectivity index (χ2n) is 3.96. The Balaban J connectivity index is 2.48. The number of amides is 1. The second kappa shape index (κ2) is 5.76.